The number of anilines is 1. The number of nitrogens with zero attached hydrogens (tertiary/aromatic N) is 3. The Bertz CT molecular complexity index is 1410. The predicted molar refractivity (Wildman–Crippen MR) is 166 cm³/mol. The SMILES string of the molecule is CCOC(=O)CCN(C(=O)C(CC(=O)N(CC1CCNCC1)C(=N)N)N(c1ccc2ccccc2c1C=O)S(=O)O)C1CC1. The Hall–Kier alpha value is -3.88. The average molecular weight is 629 g/mol. The van der Waals surface area contributed by atoms with Crippen molar-refractivity contribution in [3.05, 3.63) is 42.0 Å². The number of nitrogens with two attached hydrogens (primary N) is 1. The van der Waals surface area contributed by atoms with Gasteiger partial charge < -0.3 is 20.7 Å². The van der Waals surface area contributed by atoms with Gasteiger partial charge in [0.15, 0.2) is 12.2 Å². The summed E-state index contributed by atoms with van der Waals surface area (Å²) in [5, 5.41) is 12.6. The molecule has 0 spiro atoms. The fourth-order valence-corrected chi connectivity index (χ4v) is 6.37. The summed E-state index contributed by atoms with van der Waals surface area (Å²) in [4.78, 5) is 55.3. The number of piperidine rings is 1. The molecule has 0 radical (unpaired) electrons. The predicted octanol–water partition coefficient (Wildman–Crippen LogP) is 2.02. The number of benzene rings is 2. The van der Waals surface area contributed by atoms with Crippen LogP contribution in [0.1, 0.15) is 55.8 Å². The fourth-order valence-electron chi connectivity index (χ4n) is 5.66. The quantitative estimate of drug-likeness (QED) is 0.0798. The molecule has 4 rings (SSSR count). The molecule has 2 aromatic carbocycles. The third-order valence-electron chi connectivity index (χ3n) is 8.03. The summed E-state index contributed by atoms with van der Waals surface area (Å²) >= 11 is -2.86. The van der Waals surface area contributed by atoms with Crippen molar-refractivity contribution < 1.29 is 32.7 Å². The number of carbonyl (C=O) groups is 4. The average Bonchev–Trinajstić information content (AvgIpc) is 3.85. The van der Waals surface area contributed by atoms with Crippen LogP contribution in [0.15, 0.2) is 36.4 Å². The first-order valence-electron chi connectivity index (χ1n) is 14.8. The van der Waals surface area contributed by atoms with Crippen LogP contribution < -0.4 is 15.4 Å². The maximum atomic E-state index is 14.3. The molecule has 1 saturated carbocycles. The first kappa shape index (κ1) is 33.0. The number of fused-ring (bicyclic) bond motifs is 1. The first-order chi connectivity index (χ1) is 21.2. The lowest BCUT2D eigenvalue weighted by Crippen LogP contribution is -2.54. The minimum Gasteiger partial charge on any atom is -0.466 e. The highest BCUT2D eigenvalue weighted by molar-refractivity contribution is 7.80. The van der Waals surface area contributed by atoms with Crippen LogP contribution in [0.3, 0.4) is 0 Å². The maximum absolute atomic E-state index is 14.3. The number of hydrogen-bond acceptors (Lipinski definition) is 8. The van der Waals surface area contributed by atoms with Gasteiger partial charge in [-0.15, -0.1) is 0 Å². The Kier molecular flexibility index (Phi) is 11.4. The molecule has 13 nitrogen and oxygen atoms in total. The van der Waals surface area contributed by atoms with Crippen LogP contribution >= 0.6 is 0 Å². The first-order valence-corrected chi connectivity index (χ1v) is 15.9. The number of nitrogens with one attached hydrogen (secondary N) is 2. The maximum Gasteiger partial charge on any atom is 0.307 e. The van der Waals surface area contributed by atoms with E-state index in [1.54, 1.807) is 37.3 Å². The van der Waals surface area contributed by atoms with Gasteiger partial charge in [-0.3, -0.25) is 38.3 Å². The summed E-state index contributed by atoms with van der Waals surface area (Å²) in [7, 11) is 0. The van der Waals surface area contributed by atoms with E-state index >= 15 is 0 Å². The summed E-state index contributed by atoms with van der Waals surface area (Å²) < 4.78 is 29.7. The van der Waals surface area contributed by atoms with Crippen molar-refractivity contribution >= 4 is 57.8 Å². The van der Waals surface area contributed by atoms with Gasteiger partial charge in [0.1, 0.15) is 6.04 Å². The van der Waals surface area contributed by atoms with Crippen molar-refractivity contribution in [1.29, 1.82) is 5.41 Å². The molecule has 2 amide bonds. The lowest BCUT2D eigenvalue weighted by atomic mass is 9.97. The zero-order chi connectivity index (χ0) is 31.8. The van der Waals surface area contributed by atoms with Gasteiger partial charge in [0.05, 0.1) is 25.1 Å². The highest BCUT2D eigenvalue weighted by Gasteiger charge is 2.42. The van der Waals surface area contributed by atoms with E-state index in [2.05, 4.69) is 5.32 Å². The molecule has 1 aliphatic carbocycles. The Balaban J connectivity index is 1.75. The van der Waals surface area contributed by atoms with Crippen molar-refractivity contribution in [2.75, 3.05) is 37.1 Å². The molecule has 2 atom stereocenters. The van der Waals surface area contributed by atoms with Gasteiger partial charge in [-0.25, -0.2) is 4.21 Å². The molecule has 2 aliphatic rings. The van der Waals surface area contributed by atoms with Crippen molar-refractivity contribution in [2.45, 2.75) is 57.5 Å². The molecule has 2 aromatic rings. The molecule has 2 fully saturated rings. The van der Waals surface area contributed by atoms with Crippen molar-refractivity contribution in [3.63, 3.8) is 0 Å². The third kappa shape index (κ3) is 7.98. The van der Waals surface area contributed by atoms with Crippen molar-refractivity contribution in [1.82, 2.24) is 15.1 Å². The van der Waals surface area contributed by atoms with Gasteiger partial charge in [-0.1, -0.05) is 30.3 Å². The normalized spacial score (nSPS) is 16.5. The van der Waals surface area contributed by atoms with Gasteiger partial charge in [0.25, 0.3) is 11.3 Å². The molecule has 14 heteroatoms. The Morgan fingerprint density at radius 1 is 1.16 bits per heavy atom. The van der Waals surface area contributed by atoms with Crippen LogP contribution in [0.2, 0.25) is 0 Å². The molecule has 2 unspecified atom stereocenters. The second-order valence-corrected chi connectivity index (χ2v) is 11.9. The topological polar surface area (TPSA) is 186 Å². The van der Waals surface area contributed by atoms with Crippen LogP contribution in [-0.4, -0.2) is 93.5 Å². The lowest BCUT2D eigenvalue weighted by Gasteiger charge is -2.35. The second kappa shape index (κ2) is 15.2. The van der Waals surface area contributed by atoms with Gasteiger partial charge in [-0.2, -0.15) is 0 Å². The third-order valence-corrected chi connectivity index (χ3v) is 8.82. The Labute approximate surface area is 259 Å². The minimum absolute atomic E-state index is 0.000414. The van der Waals surface area contributed by atoms with E-state index in [1.807, 2.05) is 0 Å². The zero-order valence-corrected chi connectivity index (χ0v) is 25.6. The molecule has 238 valence electrons. The van der Waals surface area contributed by atoms with Crippen LogP contribution in [0.25, 0.3) is 10.8 Å². The van der Waals surface area contributed by atoms with Gasteiger partial charge in [-0.05, 0) is 68.5 Å². The smallest absolute Gasteiger partial charge is 0.307 e. The molecule has 5 N–H and O–H groups in total. The van der Waals surface area contributed by atoms with E-state index in [0.29, 0.717) is 29.9 Å². The monoisotopic (exact) mass is 628 g/mol. The van der Waals surface area contributed by atoms with Gasteiger partial charge >= 0.3 is 5.97 Å². The fraction of sp³-hybridized carbons (Fsp3) is 0.500. The minimum atomic E-state index is -2.86. The summed E-state index contributed by atoms with van der Waals surface area (Å²) in [5.74, 6) is -2.22. The van der Waals surface area contributed by atoms with Crippen LogP contribution in [0, 0.1) is 11.3 Å². The number of hydrogen-bond donors (Lipinski definition) is 4. The highest BCUT2D eigenvalue weighted by Crippen LogP contribution is 2.34. The van der Waals surface area contributed by atoms with Gasteiger partial charge in [0.2, 0.25) is 11.8 Å². The Morgan fingerprint density at radius 3 is 2.48 bits per heavy atom. The number of rotatable bonds is 14. The summed E-state index contributed by atoms with van der Waals surface area (Å²) in [5.41, 5.74) is 5.93. The van der Waals surface area contributed by atoms with E-state index in [9.17, 15) is 27.9 Å². The molecule has 1 saturated heterocycles. The largest absolute Gasteiger partial charge is 0.466 e. The molecular weight excluding hydrogens is 588 g/mol. The molecule has 0 aromatic heterocycles. The number of amides is 2. The molecule has 0 bridgehead atoms. The molecule has 44 heavy (non-hydrogen) atoms. The van der Waals surface area contributed by atoms with Gasteiger partial charge in [0, 0.05) is 24.7 Å². The zero-order valence-electron chi connectivity index (χ0n) is 24.8. The number of carbonyl (C=O) groups excluding carboxylic acids is 4. The van der Waals surface area contributed by atoms with Crippen LogP contribution in [-0.2, 0) is 30.4 Å². The Morgan fingerprint density at radius 2 is 1.86 bits per heavy atom. The van der Waals surface area contributed by atoms with E-state index in [4.69, 9.17) is 15.9 Å². The summed E-state index contributed by atoms with van der Waals surface area (Å²) in [6.45, 7) is 3.54. The van der Waals surface area contributed by atoms with Crippen LogP contribution in [0.5, 0.6) is 0 Å². The molecule has 1 heterocycles. The number of guanidine groups is 1. The van der Waals surface area contributed by atoms with E-state index < -0.39 is 47.5 Å². The number of ether oxygens (including phenoxy) is 1. The van der Waals surface area contributed by atoms with E-state index in [1.165, 1.54) is 11.0 Å². The highest BCUT2D eigenvalue weighted by atomic mass is 32.2. The van der Waals surface area contributed by atoms with Crippen molar-refractivity contribution in [3.8, 4) is 0 Å². The lowest BCUT2D eigenvalue weighted by molar-refractivity contribution is -0.144. The molecular formula is C30H40N6O7S. The summed E-state index contributed by atoms with van der Waals surface area (Å²) in [6.07, 6.45) is 2.75. The summed E-state index contributed by atoms with van der Waals surface area (Å²) in [6, 6.07) is 8.36. The number of esters is 1. The van der Waals surface area contributed by atoms with E-state index in [0.717, 1.165) is 35.1 Å². The van der Waals surface area contributed by atoms with Crippen LogP contribution in [0.4, 0.5) is 5.69 Å². The second-order valence-electron chi connectivity index (χ2n) is 11.0. The van der Waals surface area contributed by atoms with E-state index in [-0.39, 0.29) is 49.3 Å². The van der Waals surface area contributed by atoms with Crippen molar-refractivity contribution in [2.24, 2.45) is 11.7 Å². The molecule has 1 aliphatic heterocycles. The number of aldehydes is 1. The standard InChI is InChI=1S/C30H40N6O7S/c1-2-43-28(39)13-16-34(22-8-9-22)29(40)26(17-27(38)35(30(31)32)18-20-11-14-33-15-12-20)36(44(41)42)25-10-7-21-5-3-4-6-23(21)24(25)19-37/h3-7,10,19-20,22,26,33H,2,8-9,11-18H2,1H3,(H3,31,32)(H,41,42).